The first kappa shape index (κ1) is 14.9. The van der Waals surface area contributed by atoms with Gasteiger partial charge in [0.15, 0.2) is 0 Å². The molecule has 0 aliphatic carbocycles. The molecule has 0 radical (unpaired) electrons. The number of nitrogens with one attached hydrogen (secondary N) is 2. The third-order valence-electron chi connectivity index (χ3n) is 3.61. The normalized spacial score (nSPS) is 16.2. The Morgan fingerprint density at radius 2 is 1.78 bits per heavy atom. The molecule has 2 N–H and O–H groups in total. The fraction of sp³-hybridized carbons (Fsp3) is 0.158. The third kappa shape index (κ3) is 3.78. The topological polar surface area (TPSA) is 58.2 Å². The molecule has 4 heteroatoms. The summed E-state index contributed by atoms with van der Waals surface area (Å²) in [6, 6.07) is 16.6. The summed E-state index contributed by atoms with van der Waals surface area (Å²) < 4.78 is 0. The van der Waals surface area contributed by atoms with E-state index in [0.29, 0.717) is 18.5 Å². The standard InChI is InChI=1S/C19H16N2O2/c22-18-13-12-17(20-18)19(23)21-16-9-5-4-8-15(16)11-10-14-6-2-1-3-7-14/h1-9,17H,12-13H2,(H,20,22)(H,21,23)/t17-/m1/s1. The van der Waals surface area contributed by atoms with Gasteiger partial charge in [0.2, 0.25) is 11.8 Å². The van der Waals surface area contributed by atoms with E-state index in [2.05, 4.69) is 22.5 Å². The zero-order valence-corrected chi connectivity index (χ0v) is 12.5. The molecular weight excluding hydrogens is 288 g/mol. The second kappa shape index (κ2) is 6.80. The molecule has 2 amide bonds. The summed E-state index contributed by atoms with van der Waals surface area (Å²) in [6.07, 6.45) is 0.927. The summed E-state index contributed by atoms with van der Waals surface area (Å²) in [4.78, 5) is 23.4. The van der Waals surface area contributed by atoms with Crippen molar-refractivity contribution in [2.45, 2.75) is 18.9 Å². The number of hydrogen-bond acceptors (Lipinski definition) is 2. The maximum absolute atomic E-state index is 12.2. The van der Waals surface area contributed by atoms with Crippen molar-refractivity contribution in [3.05, 3.63) is 65.7 Å². The molecule has 1 aliphatic rings. The van der Waals surface area contributed by atoms with Crippen LogP contribution in [-0.2, 0) is 9.59 Å². The zero-order chi connectivity index (χ0) is 16.1. The van der Waals surface area contributed by atoms with Crippen LogP contribution in [0.15, 0.2) is 54.6 Å². The lowest BCUT2D eigenvalue weighted by Crippen LogP contribution is -2.37. The summed E-state index contributed by atoms with van der Waals surface area (Å²) in [6.45, 7) is 0. The highest BCUT2D eigenvalue weighted by molar-refractivity contribution is 5.99. The summed E-state index contributed by atoms with van der Waals surface area (Å²) in [5, 5.41) is 5.52. The number of carbonyl (C=O) groups excluding carboxylic acids is 2. The van der Waals surface area contributed by atoms with Crippen molar-refractivity contribution in [2.24, 2.45) is 0 Å². The van der Waals surface area contributed by atoms with Crippen LogP contribution in [0.3, 0.4) is 0 Å². The Hall–Kier alpha value is -3.06. The minimum atomic E-state index is -0.461. The predicted octanol–water partition coefficient (Wildman–Crippen LogP) is 2.30. The van der Waals surface area contributed by atoms with Crippen LogP contribution in [0.2, 0.25) is 0 Å². The lowest BCUT2D eigenvalue weighted by atomic mass is 10.1. The number of benzene rings is 2. The Balaban J connectivity index is 1.77. The molecule has 2 aromatic carbocycles. The average molecular weight is 304 g/mol. The van der Waals surface area contributed by atoms with Crippen LogP contribution in [0.25, 0.3) is 0 Å². The van der Waals surface area contributed by atoms with Crippen molar-refractivity contribution in [3.8, 4) is 11.8 Å². The van der Waals surface area contributed by atoms with E-state index in [4.69, 9.17) is 0 Å². The molecule has 4 nitrogen and oxygen atoms in total. The quantitative estimate of drug-likeness (QED) is 0.837. The Morgan fingerprint density at radius 1 is 1.04 bits per heavy atom. The monoisotopic (exact) mass is 304 g/mol. The van der Waals surface area contributed by atoms with Gasteiger partial charge in [-0.05, 0) is 30.7 Å². The third-order valence-corrected chi connectivity index (χ3v) is 3.61. The minimum Gasteiger partial charge on any atom is -0.344 e. The molecule has 2 aromatic rings. The molecular formula is C19H16N2O2. The minimum absolute atomic E-state index is 0.0812. The van der Waals surface area contributed by atoms with Crippen molar-refractivity contribution in [3.63, 3.8) is 0 Å². The lowest BCUT2D eigenvalue weighted by Gasteiger charge is -2.12. The summed E-state index contributed by atoms with van der Waals surface area (Å²) in [7, 11) is 0. The van der Waals surface area contributed by atoms with Gasteiger partial charge in [-0.1, -0.05) is 42.2 Å². The first-order valence-corrected chi connectivity index (χ1v) is 7.49. The molecule has 1 heterocycles. The second-order valence-corrected chi connectivity index (χ2v) is 5.31. The van der Waals surface area contributed by atoms with Crippen LogP contribution in [0.5, 0.6) is 0 Å². The average Bonchev–Trinajstić information content (AvgIpc) is 3.02. The molecule has 1 aliphatic heterocycles. The van der Waals surface area contributed by atoms with Crippen LogP contribution >= 0.6 is 0 Å². The fourth-order valence-corrected chi connectivity index (χ4v) is 2.39. The highest BCUT2D eigenvalue weighted by Gasteiger charge is 2.27. The van der Waals surface area contributed by atoms with Crippen LogP contribution < -0.4 is 10.6 Å². The molecule has 0 aromatic heterocycles. The molecule has 1 saturated heterocycles. The fourth-order valence-electron chi connectivity index (χ4n) is 2.39. The number of hydrogen-bond donors (Lipinski definition) is 2. The first-order valence-electron chi connectivity index (χ1n) is 7.49. The predicted molar refractivity (Wildman–Crippen MR) is 88.7 cm³/mol. The Morgan fingerprint density at radius 3 is 2.52 bits per heavy atom. The van der Waals surface area contributed by atoms with E-state index in [-0.39, 0.29) is 11.8 Å². The Bertz CT molecular complexity index is 788. The number of rotatable bonds is 2. The maximum atomic E-state index is 12.2. The van der Waals surface area contributed by atoms with Crippen LogP contribution in [0.4, 0.5) is 5.69 Å². The van der Waals surface area contributed by atoms with E-state index in [1.54, 1.807) is 0 Å². The van der Waals surface area contributed by atoms with Crippen LogP contribution in [0.1, 0.15) is 24.0 Å². The van der Waals surface area contributed by atoms with Crippen LogP contribution in [-0.4, -0.2) is 17.9 Å². The van der Waals surface area contributed by atoms with Gasteiger partial charge < -0.3 is 10.6 Å². The SMILES string of the molecule is O=C1CC[C@H](C(=O)Nc2ccccc2C#Cc2ccccc2)N1. The molecule has 3 rings (SSSR count). The summed E-state index contributed by atoms with van der Waals surface area (Å²) in [5.74, 6) is 5.88. The van der Waals surface area contributed by atoms with E-state index >= 15 is 0 Å². The van der Waals surface area contributed by atoms with Gasteiger partial charge in [-0.15, -0.1) is 0 Å². The molecule has 0 saturated carbocycles. The van der Waals surface area contributed by atoms with Gasteiger partial charge in [-0.2, -0.15) is 0 Å². The Labute approximate surface area is 134 Å². The van der Waals surface area contributed by atoms with E-state index in [0.717, 1.165) is 11.1 Å². The largest absolute Gasteiger partial charge is 0.344 e. The highest BCUT2D eigenvalue weighted by atomic mass is 16.2. The van der Waals surface area contributed by atoms with Gasteiger partial charge in [0, 0.05) is 17.5 Å². The van der Waals surface area contributed by atoms with Gasteiger partial charge in [0.05, 0.1) is 5.69 Å². The van der Waals surface area contributed by atoms with Crippen molar-refractivity contribution in [2.75, 3.05) is 5.32 Å². The number of para-hydroxylation sites is 1. The Kier molecular flexibility index (Phi) is 4.39. The van der Waals surface area contributed by atoms with Gasteiger partial charge in [-0.25, -0.2) is 0 Å². The van der Waals surface area contributed by atoms with Gasteiger partial charge in [-0.3, -0.25) is 9.59 Å². The van der Waals surface area contributed by atoms with Gasteiger partial charge in [0.1, 0.15) is 6.04 Å². The molecule has 0 bridgehead atoms. The molecule has 23 heavy (non-hydrogen) atoms. The van der Waals surface area contributed by atoms with Crippen LogP contribution in [0, 0.1) is 11.8 Å². The number of amides is 2. The zero-order valence-electron chi connectivity index (χ0n) is 12.5. The van der Waals surface area contributed by atoms with E-state index in [1.165, 1.54) is 0 Å². The number of anilines is 1. The van der Waals surface area contributed by atoms with Gasteiger partial charge >= 0.3 is 0 Å². The van der Waals surface area contributed by atoms with Crippen molar-refractivity contribution >= 4 is 17.5 Å². The molecule has 114 valence electrons. The van der Waals surface area contributed by atoms with E-state index in [1.807, 2.05) is 54.6 Å². The molecule has 1 fully saturated rings. The highest BCUT2D eigenvalue weighted by Crippen LogP contribution is 2.16. The van der Waals surface area contributed by atoms with Crippen molar-refractivity contribution in [1.82, 2.24) is 5.32 Å². The molecule has 0 spiro atoms. The molecule has 1 atom stereocenters. The maximum Gasteiger partial charge on any atom is 0.246 e. The second-order valence-electron chi connectivity index (χ2n) is 5.31. The lowest BCUT2D eigenvalue weighted by molar-refractivity contribution is -0.122. The van der Waals surface area contributed by atoms with Crippen molar-refractivity contribution < 1.29 is 9.59 Å². The number of carbonyl (C=O) groups is 2. The van der Waals surface area contributed by atoms with Gasteiger partial charge in [0.25, 0.3) is 0 Å². The summed E-state index contributed by atoms with van der Waals surface area (Å²) in [5.41, 5.74) is 2.31. The van der Waals surface area contributed by atoms with E-state index in [9.17, 15) is 9.59 Å². The first-order chi connectivity index (χ1) is 11.2. The smallest absolute Gasteiger partial charge is 0.246 e. The van der Waals surface area contributed by atoms with E-state index < -0.39 is 6.04 Å². The molecule has 0 unspecified atom stereocenters. The van der Waals surface area contributed by atoms with Crippen molar-refractivity contribution in [1.29, 1.82) is 0 Å². The summed E-state index contributed by atoms with van der Waals surface area (Å²) >= 11 is 0.